The third kappa shape index (κ3) is 2.79. The topological polar surface area (TPSA) is 40.3 Å². The first-order chi connectivity index (χ1) is 20.8. The van der Waals surface area contributed by atoms with Crippen molar-refractivity contribution < 1.29 is 4.42 Å². The lowest BCUT2D eigenvalue weighted by molar-refractivity contribution is 0.643. The molecule has 196 valence electrons. The summed E-state index contributed by atoms with van der Waals surface area (Å²) in [6.07, 6.45) is 0. The van der Waals surface area contributed by atoms with Crippen LogP contribution in [0, 0.1) is 0 Å². The van der Waals surface area contributed by atoms with Gasteiger partial charge in [0.05, 0.1) is 38.6 Å². The van der Waals surface area contributed by atoms with E-state index >= 15 is 0 Å². The highest BCUT2D eigenvalue weighted by Gasteiger charge is 2.18. The van der Waals surface area contributed by atoms with E-state index in [1.807, 2.05) is 0 Å². The second-order valence-electron chi connectivity index (χ2n) is 10.9. The molecule has 10 rings (SSSR count). The largest absolute Gasteiger partial charge is 0.423 e. The Morgan fingerprint density at radius 2 is 0.881 bits per heavy atom. The minimum absolute atomic E-state index is 0.596. The Morgan fingerprint density at radius 1 is 0.429 bits per heavy atom. The van der Waals surface area contributed by atoms with Gasteiger partial charge in [-0.05, 0) is 60.7 Å². The molecule has 0 bridgehead atoms. The first-order valence-corrected chi connectivity index (χ1v) is 14.2. The van der Waals surface area contributed by atoms with Gasteiger partial charge in [0.25, 0.3) is 0 Å². The van der Waals surface area contributed by atoms with Gasteiger partial charge in [0.15, 0.2) is 5.58 Å². The van der Waals surface area contributed by atoms with Crippen molar-refractivity contribution in [1.82, 2.24) is 18.5 Å². The summed E-state index contributed by atoms with van der Waals surface area (Å²) >= 11 is 0. The van der Waals surface area contributed by atoms with E-state index in [1.54, 1.807) is 0 Å². The first kappa shape index (κ1) is 21.9. The van der Waals surface area contributed by atoms with Crippen LogP contribution in [-0.2, 0) is 0 Å². The molecule has 4 aromatic heterocycles. The maximum absolute atomic E-state index is 6.29. The zero-order valence-electron chi connectivity index (χ0n) is 22.4. The van der Waals surface area contributed by atoms with E-state index in [1.165, 1.54) is 43.6 Å². The third-order valence-corrected chi connectivity index (χ3v) is 8.67. The molecule has 0 aliphatic carbocycles. The molecular weight excluding hydrogens is 516 g/mol. The molecule has 0 fully saturated rings. The highest BCUT2D eigenvalue weighted by molar-refractivity contribution is 6.10. The summed E-state index contributed by atoms with van der Waals surface area (Å²) in [5.74, 6) is 0.596. The van der Waals surface area contributed by atoms with Crippen LogP contribution in [-0.4, -0.2) is 18.5 Å². The number of rotatable bonds is 2. The molecule has 10 aromatic rings. The van der Waals surface area contributed by atoms with E-state index in [0.717, 1.165) is 33.5 Å². The van der Waals surface area contributed by atoms with E-state index in [9.17, 15) is 0 Å². The summed E-state index contributed by atoms with van der Waals surface area (Å²) in [7, 11) is 0. The van der Waals surface area contributed by atoms with Crippen molar-refractivity contribution in [3.05, 3.63) is 133 Å². The van der Waals surface area contributed by atoms with E-state index in [4.69, 9.17) is 9.40 Å². The summed E-state index contributed by atoms with van der Waals surface area (Å²) in [4.78, 5) is 4.87. The summed E-state index contributed by atoms with van der Waals surface area (Å²) in [5, 5.41) is 4.98. The Bertz CT molecular complexity index is 2410. The minimum Gasteiger partial charge on any atom is -0.423 e. The monoisotopic (exact) mass is 538 g/mol. The average Bonchev–Trinajstić information content (AvgIpc) is 3.77. The fourth-order valence-corrected chi connectivity index (χ4v) is 6.89. The van der Waals surface area contributed by atoms with Crippen molar-refractivity contribution in [3.8, 4) is 11.4 Å². The zero-order chi connectivity index (χ0) is 27.4. The fraction of sp³-hybridized carbons (Fsp3) is 0. The molecule has 0 radical (unpaired) electrons. The van der Waals surface area contributed by atoms with Crippen LogP contribution >= 0.6 is 0 Å². The highest BCUT2D eigenvalue weighted by atomic mass is 16.4. The van der Waals surface area contributed by atoms with Gasteiger partial charge in [-0.25, -0.2) is 0 Å². The summed E-state index contributed by atoms with van der Waals surface area (Å²) in [6, 6.07) is 47.3. The maximum atomic E-state index is 6.29. The number of para-hydroxylation sites is 4. The predicted octanol–water partition coefficient (Wildman–Crippen LogP) is 9.43. The van der Waals surface area contributed by atoms with Crippen LogP contribution in [0.1, 0.15) is 0 Å². The van der Waals surface area contributed by atoms with Crippen LogP contribution in [0.2, 0.25) is 0 Å². The van der Waals surface area contributed by atoms with E-state index in [2.05, 4.69) is 147 Å². The highest BCUT2D eigenvalue weighted by Crippen LogP contribution is 2.36. The number of fused-ring (bicyclic) bond motifs is 11. The lowest BCUT2D eigenvalue weighted by atomic mass is 10.2. The van der Waals surface area contributed by atoms with Crippen molar-refractivity contribution in [2.75, 3.05) is 0 Å². The molecule has 0 unspecified atom stereocenters. The normalized spacial score (nSPS) is 12.3. The molecule has 0 atom stereocenters. The number of aromatic nitrogens is 4. The van der Waals surface area contributed by atoms with Gasteiger partial charge in [-0.1, -0.05) is 72.8 Å². The van der Waals surface area contributed by atoms with Gasteiger partial charge in [-0.3, -0.25) is 4.40 Å². The van der Waals surface area contributed by atoms with Crippen LogP contribution in [0.25, 0.3) is 83.0 Å². The summed E-state index contributed by atoms with van der Waals surface area (Å²) in [5.41, 5.74) is 10.6. The van der Waals surface area contributed by atoms with Crippen LogP contribution in [0.15, 0.2) is 138 Å². The minimum atomic E-state index is 0.596. The number of hydrogen-bond donors (Lipinski definition) is 0. The molecule has 5 nitrogen and oxygen atoms in total. The van der Waals surface area contributed by atoms with E-state index < -0.39 is 0 Å². The van der Waals surface area contributed by atoms with Gasteiger partial charge in [0.2, 0.25) is 0 Å². The Balaban J connectivity index is 1.26. The molecule has 5 heteroatoms. The standard InChI is InChI=1S/C37H22N4O/c1-5-13-30-25(9-1)26-10-2-6-14-31(26)39(30)23-17-19-29-34(21-23)41-35-22-24(18-20-36(35)42-37(41)38-29)40-32-15-7-3-11-27(32)28-12-4-8-16-33(28)40/h1-22H. The van der Waals surface area contributed by atoms with Crippen LogP contribution in [0.5, 0.6) is 0 Å². The van der Waals surface area contributed by atoms with Crippen LogP contribution in [0.3, 0.4) is 0 Å². The van der Waals surface area contributed by atoms with Crippen molar-refractivity contribution in [1.29, 1.82) is 0 Å². The molecule has 4 heterocycles. The second kappa shape index (κ2) is 7.89. The lowest BCUT2D eigenvalue weighted by Crippen LogP contribution is -1.95. The smallest absolute Gasteiger partial charge is 0.307 e. The van der Waals surface area contributed by atoms with Gasteiger partial charge < -0.3 is 13.6 Å². The average molecular weight is 539 g/mol. The second-order valence-corrected chi connectivity index (χ2v) is 10.9. The van der Waals surface area contributed by atoms with Gasteiger partial charge in [-0.2, -0.15) is 4.98 Å². The van der Waals surface area contributed by atoms with E-state index in [-0.39, 0.29) is 0 Å². The Labute approximate surface area is 239 Å². The molecule has 0 saturated heterocycles. The Kier molecular flexibility index (Phi) is 4.12. The summed E-state index contributed by atoms with van der Waals surface area (Å²) < 4.78 is 13.1. The number of nitrogens with zero attached hydrogens (tertiary/aromatic N) is 4. The molecule has 0 amide bonds. The first-order valence-electron chi connectivity index (χ1n) is 14.2. The Morgan fingerprint density at radius 3 is 1.40 bits per heavy atom. The number of imidazole rings is 1. The van der Waals surface area contributed by atoms with Crippen molar-refractivity contribution in [3.63, 3.8) is 0 Å². The molecule has 0 saturated carbocycles. The van der Waals surface area contributed by atoms with Crippen LogP contribution < -0.4 is 0 Å². The zero-order valence-corrected chi connectivity index (χ0v) is 22.4. The molecule has 0 N–H and O–H groups in total. The van der Waals surface area contributed by atoms with Gasteiger partial charge in [0.1, 0.15) is 0 Å². The van der Waals surface area contributed by atoms with Gasteiger partial charge in [0, 0.05) is 32.9 Å². The number of benzene rings is 6. The van der Waals surface area contributed by atoms with Crippen molar-refractivity contribution in [2.24, 2.45) is 0 Å². The van der Waals surface area contributed by atoms with Crippen LogP contribution in [0.4, 0.5) is 0 Å². The molecule has 0 spiro atoms. The van der Waals surface area contributed by atoms with Gasteiger partial charge >= 0.3 is 5.84 Å². The molecule has 42 heavy (non-hydrogen) atoms. The third-order valence-electron chi connectivity index (χ3n) is 8.67. The molecule has 0 aliphatic heterocycles. The lowest BCUT2D eigenvalue weighted by Gasteiger charge is -2.09. The molecule has 6 aromatic carbocycles. The van der Waals surface area contributed by atoms with Crippen molar-refractivity contribution in [2.45, 2.75) is 0 Å². The fourth-order valence-electron chi connectivity index (χ4n) is 6.89. The number of oxazole rings is 1. The predicted molar refractivity (Wildman–Crippen MR) is 171 cm³/mol. The summed E-state index contributed by atoms with van der Waals surface area (Å²) in [6.45, 7) is 0. The molecule has 0 aliphatic rings. The van der Waals surface area contributed by atoms with E-state index in [0.29, 0.717) is 5.84 Å². The SMILES string of the molecule is c1ccc2c(c1)c1ccccc1n2-c1ccc2nc3oc4ccc(-n5c6ccccc6c6ccccc65)cc4n3c2c1. The number of hydrogen-bond acceptors (Lipinski definition) is 2. The Hall–Kier alpha value is -5.81. The van der Waals surface area contributed by atoms with Gasteiger partial charge in [-0.15, -0.1) is 0 Å². The molecular formula is C37H22N4O. The quantitative estimate of drug-likeness (QED) is 0.220. The van der Waals surface area contributed by atoms with Crippen molar-refractivity contribution >= 4 is 71.6 Å². The maximum Gasteiger partial charge on any atom is 0.307 e.